The lowest BCUT2D eigenvalue weighted by molar-refractivity contribution is 0.567. The zero-order valence-electron chi connectivity index (χ0n) is 4.29. The Bertz CT molecular complexity index is 107. The van der Waals surface area contributed by atoms with Gasteiger partial charge >= 0.3 is 0 Å². The lowest BCUT2D eigenvalue weighted by atomic mass is 10.3. The minimum atomic E-state index is 0.282. The lowest BCUT2D eigenvalue weighted by Gasteiger charge is -1.86. The highest BCUT2D eigenvalue weighted by atomic mass is 79.9. The minimum Gasteiger partial charge on any atom is -0.232 e. The molecule has 0 unspecified atom stereocenters. The van der Waals surface area contributed by atoms with Crippen LogP contribution in [0.2, 0.25) is 0 Å². The molecule has 0 aliphatic heterocycles. The standard InChI is InChI=1S/C5H6BrClO/c6-3-1-2-5(7)4-8/h1-3H2. The maximum Gasteiger partial charge on any atom is 0.140 e. The number of hydrogen-bond acceptors (Lipinski definition) is 1. The fraction of sp³-hybridized carbons (Fsp3) is 0.600. The Hall–Kier alpha value is 0.220. The van der Waals surface area contributed by atoms with Gasteiger partial charge in [-0.2, -0.15) is 0 Å². The van der Waals surface area contributed by atoms with E-state index in [1.54, 1.807) is 5.94 Å². The zero-order valence-corrected chi connectivity index (χ0v) is 6.63. The molecule has 8 heavy (non-hydrogen) atoms. The third-order valence-corrected chi connectivity index (χ3v) is 1.47. The molecule has 0 amide bonds. The number of halogens is 2. The predicted octanol–water partition coefficient (Wildman–Crippen LogP) is 2.12. The van der Waals surface area contributed by atoms with Crippen LogP contribution in [0.3, 0.4) is 0 Å². The molecule has 0 aromatic heterocycles. The van der Waals surface area contributed by atoms with Gasteiger partial charge in [0.05, 0.1) is 0 Å². The van der Waals surface area contributed by atoms with Crippen molar-refractivity contribution in [2.24, 2.45) is 0 Å². The van der Waals surface area contributed by atoms with Crippen LogP contribution in [-0.2, 0) is 4.79 Å². The van der Waals surface area contributed by atoms with Crippen molar-refractivity contribution in [2.45, 2.75) is 12.8 Å². The Morgan fingerprint density at radius 2 is 2.38 bits per heavy atom. The molecule has 0 rings (SSSR count). The van der Waals surface area contributed by atoms with E-state index in [-0.39, 0.29) is 5.03 Å². The highest BCUT2D eigenvalue weighted by Crippen LogP contribution is 2.06. The van der Waals surface area contributed by atoms with Gasteiger partial charge in [0.2, 0.25) is 0 Å². The van der Waals surface area contributed by atoms with Crippen molar-refractivity contribution in [3.8, 4) is 0 Å². The Labute approximate surface area is 61.8 Å². The second-order valence-electron chi connectivity index (χ2n) is 1.30. The maximum absolute atomic E-state index is 9.70. The molecule has 0 bridgehead atoms. The normalized spacial score (nSPS) is 8.25. The summed E-state index contributed by atoms with van der Waals surface area (Å²) in [5.74, 6) is 1.61. The average molecular weight is 197 g/mol. The summed E-state index contributed by atoms with van der Waals surface area (Å²) in [5.41, 5.74) is 0. The molecular formula is C5H6BrClO. The topological polar surface area (TPSA) is 17.1 Å². The van der Waals surface area contributed by atoms with Gasteiger partial charge in [-0.05, 0) is 12.8 Å². The molecular weight excluding hydrogens is 191 g/mol. The van der Waals surface area contributed by atoms with E-state index >= 15 is 0 Å². The summed E-state index contributed by atoms with van der Waals surface area (Å²) in [6.07, 6.45) is 1.53. The summed E-state index contributed by atoms with van der Waals surface area (Å²) in [4.78, 5) is 9.70. The van der Waals surface area contributed by atoms with Gasteiger partial charge in [0.25, 0.3) is 0 Å². The summed E-state index contributed by atoms with van der Waals surface area (Å²) in [6, 6.07) is 0. The van der Waals surface area contributed by atoms with Gasteiger partial charge in [-0.3, -0.25) is 0 Å². The van der Waals surface area contributed by atoms with Crippen LogP contribution in [0.25, 0.3) is 0 Å². The van der Waals surface area contributed by atoms with E-state index in [2.05, 4.69) is 15.9 Å². The zero-order chi connectivity index (χ0) is 6.41. The van der Waals surface area contributed by atoms with Crippen LogP contribution in [0.4, 0.5) is 0 Å². The maximum atomic E-state index is 9.70. The van der Waals surface area contributed by atoms with Crippen LogP contribution in [0.15, 0.2) is 5.03 Å². The van der Waals surface area contributed by atoms with Crippen molar-refractivity contribution < 1.29 is 4.79 Å². The van der Waals surface area contributed by atoms with E-state index in [0.717, 1.165) is 11.8 Å². The SMILES string of the molecule is O=C=C(Cl)CCCBr. The highest BCUT2D eigenvalue weighted by molar-refractivity contribution is 9.09. The first-order valence-corrected chi connectivity index (χ1v) is 3.76. The number of rotatable bonds is 3. The molecule has 0 saturated heterocycles. The fourth-order valence-electron chi connectivity index (χ4n) is 0.273. The first-order chi connectivity index (χ1) is 3.81. The highest BCUT2D eigenvalue weighted by Gasteiger charge is 1.89. The van der Waals surface area contributed by atoms with Crippen LogP contribution in [0.5, 0.6) is 0 Å². The van der Waals surface area contributed by atoms with E-state index < -0.39 is 0 Å². The Morgan fingerprint density at radius 3 is 2.75 bits per heavy atom. The van der Waals surface area contributed by atoms with Crippen molar-refractivity contribution in [1.82, 2.24) is 0 Å². The molecule has 46 valence electrons. The van der Waals surface area contributed by atoms with Crippen molar-refractivity contribution in [1.29, 1.82) is 0 Å². The van der Waals surface area contributed by atoms with Crippen molar-refractivity contribution >= 4 is 33.5 Å². The molecule has 1 nitrogen and oxygen atoms in total. The average Bonchev–Trinajstić information content (AvgIpc) is 1.83. The number of carbonyl (C=O) groups excluding carboxylic acids is 1. The van der Waals surface area contributed by atoms with Crippen LogP contribution in [-0.4, -0.2) is 11.3 Å². The summed E-state index contributed by atoms with van der Waals surface area (Å²) < 4.78 is 0. The molecule has 0 aromatic rings. The molecule has 3 heteroatoms. The quantitative estimate of drug-likeness (QED) is 0.500. The smallest absolute Gasteiger partial charge is 0.140 e. The number of allylic oxidation sites excluding steroid dienone is 1. The van der Waals surface area contributed by atoms with Crippen molar-refractivity contribution in [3.05, 3.63) is 5.03 Å². The molecule has 0 N–H and O–H groups in total. The van der Waals surface area contributed by atoms with Crippen LogP contribution in [0.1, 0.15) is 12.8 Å². The Balaban J connectivity index is 3.26. The number of hydrogen-bond donors (Lipinski definition) is 0. The van der Waals surface area contributed by atoms with Gasteiger partial charge in [-0.25, -0.2) is 4.79 Å². The molecule has 0 aromatic carbocycles. The van der Waals surface area contributed by atoms with E-state index in [1.807, 2.05) is 0 Å². The van der Waals surface area contributed by atoms with E-state index in [9.17, 15) is 4.79 Å². The van der Waals surface area contributed by atoms with Gasteiger partial charge < -0.3 is 0 Å². The predicted molar refractivity (Wildman–Crippen MR) is 38.1 cm³/mol. The molecule has 0 aliphatic carbocycles. The van der Waals surface area contributed by atoms with Gasteiger partial charge in [-0.1, -0.05) is 27.5 Å². The van der Waals surface area contributed by atoms with Crippen molar-refractivity contribution in [3.63, 3.8) is 0 Å². The van der Waals surface area contributed by atoms with Crippen LogP contribution < -0.4 is 0 Å². The van der Waals surface area contributed by atoms with Gasteiger partial charge in [0.15, 0.2) is 0 Å². The number of alkyl halides is 1. The monoisotopic (exact) mass is 196 g/mol. The molecule has 0 radical (unpaired) electrons. The molecule has 0 atom stereocenters. The molecule has 0 fully saturated rings. The first-order valence-electron chi connectivity index (χ1n) is 2.26. The van der Waals surface area contributed by atoms with Crippen LogP contribution in [0, 0.1) is 0 Å². The molecule has 0 saturated carbocycles. The summed E-state index contributed by atoms with van der Waals surface area (Å²) >= 11 is 8.52. The van der Waals surface area contributed by atoms with E-state index in [0.29, 0.717) is 6.42 Å². The van der Waals surface area contributed by atoms with Gasteiger partial charge in [0.1, 0.15) is 11.0 Å². The molecule has 0 heterocycles. The molecule has 0 spiro atoms. The van der Waals surface area contributed by atoms with Crippen LogP contribution >= 0.6 is 27.5 Å². The second-order valence-corrected chi connectivity index (χ2v) is 2.55. The van der Waals surface area contributed by atoms with E-state index in [4.69, 9.17) is 11.6 Å². The summed E-state index contributed by atoms with van der Waals surface area (Å²) in [7, 11) is 0. The largest absolute Gasteiger partial charge is 0.232 e. The van der Waals surface area contributed by atoms with Gasteiger partial charge in [0, 0.05) is 5.33 Å². The van der Waals surface area contributed by atoms with Gasteiger partial charge in [-0.15, -0.1) is 0 Å². The second kappa shape index (κ2) is 5.36. The fourth-order valence-corrected chi connectivity index (χ4v) is 0.687. The third-order valence-electron chi connectivity index (χ3n) is 0.641. The van der Waals surface area contributed by atoms with E-state index in [1.165, 1.54) is 0 Å². The third kappa shape index (κ3) is 4.38. The minimum absolute atomic E-state index is 0.282. The summed E-state index contributed by atoms with van der Waals surface area (Å²) in [6.45, 7) is 0. The summed E-state index contributed by atoms with van der Waals surface area (Å²) in [5, 5.41) is 1.16. The Morgan fingerprint density at radius 1 is 1.75 bits per heavy atom. The molecule has 0 aliphatic rings. The lowest BCUT2D eigenvalue weighted by Crippen LogP contribution is -1.75. The van der Waals surface area contributed by atoms with Crippen molar-refractivity contribution in [2.75, 3.05) is 5.33 Å². The Kier molecular flexibility index (Phi) is 5.51. The first kappa shape index (κ1) is 8.22.